The average Bonchev–Trinajstić information content (AvgIpc) is 2.37. The second-order valence-electron chi connectivity index (χ2n) is 4.32. The summed E-state index contributed by atoms with van der Waals surface area (Å²) in [5.74, 6) is -2.05. The van der Waals surface area contributed by atoms with Gasteiger partial charge in [0.2, 0.25) is 0 Å². The number of benzene rings is 1. The Kier molecular flexibility index (Phi) is 6.12. The number of sulfone groups is 1. The van der Waals surface area contributed by atoms with Crippen molar-refractivity contribution in [2.45, 2.75) is 19.6 Å². The molecule has 0 spiro atoms. The van der Waals surface area contributed by atoms with Crippen LogP contribution in [0.1, 0.15) is 24.2 Å². The summed E-state index contributed by atoms with van der Waals surface area (Å²) in [6.45, 7) is 2.09. The van der Waals surface area contributed by atoms with Crippen LogP contribution >= 0.6 is 0 Å². The number of carbonyl (C=O) groups excluding carboxylic acids is 1. The molecule has 6 nitrogen and oxygen atoms in total. The van der Waals surface area contributed by atoms with Crippen molar-refractivity contribution in [1.82, 2.24) is 0 Å². The van der Waals surface area contributed by atoms with Gasteiger partial charge in [-0.2, -0.15) is 0 Å². The summed E-state index contributed by atoms with van der Waals surface area (Å²) in [6, 6.07) is 6.67. The molecule has 0 saturated carbocycles. The van der Waals surface area contributed by atoms with Gasteiger partial charge in [-0.15, -0.1) is 0 Å². The molecule has 0 aliphatic heterocycles. The van der Waals surface area contributed by atoms with Gasteiger partial charge in [0, 0.05) is 6.54 Å². The number of carbonyl (C=O) groups is 1. The summed E-state index contributed by atoms with van der Waals surface area (Å²) in [6.07, 6.45) is -1.18. The van der Waals surface area contributed by atoms with Crippen LogP contribution in [-0.2, 0) is 25.9 Å². The first-order chi connectivity index (χ1) is 9.38. The highest BCUT2D eigenvalue weighted by molar-refractivity contribution is 7.92. The largest absolute Gasteiger partial charge is 0.465 e. The Bertz CT molecular complexity index is 538. The summed E-state index contributed by atoms with van der Waals surface area (Å²) in [4.78, 5) is 11.2. The Morgan fingerprint density at radius 3 is 2.45 bits per heavy atom. The maximum absolute atomic E-state index is 11.7. The van der Waals surface area contributed by atoms with Crippen LogP contribution in [0.4, 0.5) is 0 Å². The molecule has 1 unspecified atom stereocenters. The van der Waals surface area contributed by atoms with E-state index in [0.717, 1.165) is 5.56 Å². The number of rotatable bonds is 7. The van der Waals surface area contributed by atoms with Gasteiger partial charge in [0.25, 0.3) is 0 Å². The molecule has 0 saturated heterocycles. The lowest BCUT2D eigenvalue weighted by molar-refractivity contribution is -0.139. The van der Waals surface area contributed by atoms with Gasteiger partial charge in [0.05, 0.1) is 18.5 Å². The normalized spacial score (nSPS) is 12.9. The van der Waals surface area contributed by atoms with Crippen molar-refractivity contribution in [2.24, 2.45) is 5.73 Å². The fraction of sp³-hybridized carbons (Fsp3) is 0.462. The molecule has 0 aromatic heterocycles. The van der Waals surface area contributed by atoms with Crippen molar-refractivity contribution in [3.05, 3.63) is 35.4 Å². The van der Waals surface area contributed by atoms with Gasteiger partial charge >= 0.3 is 5.97 Å². The monoisotopic (exact) mass is 301 g/mol. The van der Waals surface area contributed by atoms with E-state index in [9.17, 15) is 18.3 Å². The van der Waals surface area contributed by atoms with E-state index < -0.39 is 33.4 Å². The third kappa shape index (κ3) is 5.28. The Morgan fingerprint density at radius 2 is 1.95 bits per heavy atom. The SMILES string of the molecule is CCOC(=O)CS(=O)(=O)CC(O)c1ccc(CN)cc1. The zero-order valence-corrected chi connectivity index (χ0v) is 12.1. The van der Waals surface area contributed by atoms with Gasteiger partial charge in [-0.3, -0.25) is 4.79 Å². The Labute approximate surface area is 118 Å². The third-order valence-corrected chi connectivity index (χ3v) is 4.15. The Hall–Kier alpha value is -1.44. The molecular weight excluding hydrogens is 282 g/mol. The molecule has 112 valence electrons. The molecule has 7 heteroatoms. The maximum atomic E-state index is 11.7. The van der Waals surface area contributed by atoms with Gasteiger partial charge in [0.15, 0.2) is 9.84 Å². The first-order valence-corrected chi connectivity index (χ1v) is 8.03. The van der Waals surface area contributed by atoms with Crippen molar-refractivity contribution >= 4 is 15.8 Å². The first-order valence-electron chi connectivity index (χ1n) is 6.21. The van der Waals surface area contributed by atoms with E-state index in [-0.39, 0.29) is 6.61 Å². The smallest absolute Gasteiger partial charge is 0.321 e. The van der Waals surface area contributed by atoms with Gasteiger partial charge in [-0.25, -0.2) is 8.42 Å². The molecule has 0 radical (unpaired) electrons. The molecule has 1 aromatic rings. The first kappa shape index (κ1) is 16.6. The zero-order chi connectivity index (χ0) is 15.2. The van der Waals surface area contributed by atoms with Gasteiger partial charge in [0.1, 0.15) is 5.75 Å². The van der Waals surface area contributed by atoms with Crippen LogP contribution in [0.25, 0.3) is 0 Å². The number of hydrogen-bond donors (Lipinski definition) is 2. The topological polar surface area (TPSA) is 107 Å². The quantitative estimate of drug-likeness (QED) is 0.695. The minimum absolute atomic E-state index is 0.122. The van der Waals surface area contributed by atoms with E-state index in [2.05, 4.69) is 4.74 Å². The number of hydrogen-bond acceptors (Lipinski definition) is 6. The molecule has 0 bridgehead atoms. The van der Waals surface area contributed by atoms with E-state index in [4.69, 9.17) is 5.73 Å². The van der Waals surface area contributed by atoms with Crippen LogP contribution in [0.5, 0.6) is 0 Å². The molecule has 1 aromatic carbocycles. The van der Waals surface area contributed by atoms with E-state index >= 15 is 0 Å². The highest BCUT2D eigenvalue weighted by Gasteiger charge is 2.22. The Morgan fingerprint density at radius 1 is 1.35 bits per heavy atom. The van der Waals surface area contributed by atoms with Crippen LogP contribution in [-0.4, -0.2) is 37.6 Å². The van der Waals surface area contributed by atoms with Gasteiger partial charge in [-0.05, 0) is 18.1 Å². The molecule has 1 rings (SSSR count). The van der Waals surface area contributed by atoms with E-state index in [1.165, 1.54) is 0 Å². The number of aliphatic hydroxyl groups is 1. The molecule has 0 amide bonds. The molecule has 3 N–H and O–H groups in total. The zero-order valence-electron chi connectivity index (χ0n) is 11.3. The van der Waals surface area contributed by atoms with Crippen molar-refractivity contribution in [3.8, 4) is 0 Å². The third-order valence-electron chi connectivity index (χ3n) is 2.66. The summed E-state index contributed by atoms with van der Waals surface area (Å²) >= 11 is 0. The van der Waals surface area contributed by atoms with Gasteiger partial charge < -0.3 is 15.6 Å². The minimum atomic E-state index is -3.72. The summed E-state index contributed by atoms with van der Waals surface area (Å²) in [5, 5.41) is 9.90. The van der Waals surface area contributed by atoms with Crippen molar-refractivity contribution in [1.29, 1.82) is 0 Å². The van der Waals surface area contributed by atoms with Crippen molar-refractivity contribution in [2.75, 3.05) is 18.1 Å². The number of ether oxygens (including phenoxy) is 1. The van der Waals surface area contributed by atoms with Gasteiger partial charge in [-0.1, -0.05) is 24.3 Å². The molecule has 0 fully saturated rings. The van der Waals surface area contributed by atoms with Crippen molar-refractivity contribution < 1.29 is 23.1 Å². The van der Waals surface area contributed by atoms with Crippen LogP contribution in [0.2, 0.25) is 0 Å². The Balaban J connectivity index is 2.68. The summed E-state index contributed by atoms with van der Waals surface area (Å²) in [5.41, 5.74) is 6.80. The lowest BCUT2D eigenvalue weighted by atomic mass is 10.1. The molecule has 0 aliphatic rings. The molecule has 0 heterocycles. The number of esters is 1. The lowest BCUT2D eigenvalue weighted by Crippen LogP contribution is -2.24. The highest BCUT2D eigenvalue weighted by atomic mass is 32.2. The second-order valence-corrected chi connectivity index (χ2v) is 6.43. The molecule has 0 aliphatic carbocycles. The highest BCUT2D eigenvalue weighted by Crippen LogP contribution is 2.16. The fourth-order valence-corrected chi connectivity index (χ4v) is 2.89. The predicted molar refractivity (Wildman–Crippen MR) is 74.6 cm³/mol. The van der Waals surface area contributed by atoms with E-state index in [0.29, 0.717) is 12.1 Å². The van der Waals surface area contributed by atoms with Crippen LogP contribution in [0.3, 0.4) is 0 Å². The minimum Gasteiger partial charge on any atom is -0.465 e. The lowest BCUT2D eigenvalue weighted by Gasteiger charge is -2.12. The summed E-state index contributed by atoms with van der Waals surface area (Å²) in [7, 11) is -3.72. The van der Waals surface area contributed by atoms with E-state index in [1.807, 2.05) is 0 Å². The molecule has 1 atom stereocenters. The number of nitrogens with two attached hydrogens (primary N) is 1. The molecule has 20 heavy (non-hydrogen) atoms. The van der Waals surface area contributed by atoms with E-state index in [1.54, 1.807) is 31.2 Å². The average molecular weight is 301 g/mol. The standard InChI is InChI=1S/C13H19NO5S/c1-2-19-13(16)9-20(17,18)8-12(15)11-5-3-10(7-14)4-6-11/h3-6,12,15H,2,7-9,14H2,1H3. The van der Waals surface area contributed by atoms with Crippen molar-refractivity contribution in [3.63, 3.8) is 0 Å². The maximum Gasteiger partial charge on any atom is 0.321 e. The van der Waals surface area contributed by atoms with Crippen LogP contribution in [0, 0.1) is 0 Å². The summed E-state index contributed by atoms with van der Waals surface area (Å²) < 4.78 is 28.1. The number of aliphatic hydroxyl groups excluding tert-OH is 1. The fourth-order valence-electron chi connectivity index (χ4n) is 1.65. The second kappa shape index (κ2) is 7.37. The van der Waals surface area contributed by atoms with Crippen LogP contribution < -0.4 is 5.73 Å². The van der Waals surface area contributed by atoms with Crippen LogP contribution in [0.15, 0.2) is 24.3 Å². The predicted octanol–water partition coefficient (Wildman–Crippen LogP) is 0.157. The molecular formula is C13H19NO5S.